The van der Waals surface area contributed by atoms with E-state index in [0.717, 1.165) is 18.4 Å². The van der Waals surface area contributed by atoms with E-state index in [2.05, 4.69) is 0 Å². The van der Waals surface area contributed by atoms with Crippen LogP contribution in [0.5, 0.6) is 0 Å². The fourth-order valence-electron chi connectivity index (χ4n) is 2.41. The molecule has 1 aromatic rings. The van der Waals surface area contributed by atoms with Crippen LogP contribution in [0.25, 0.3) is 0 Å². The normalized spacial score (nSPS) is 20.1. The Hall–Kier alpha value is -0.530. The van der Waals surface area contributed by atoms with Gasteiger partial charge in [0.25, 0.3) is 0 Å². The minimum absolute atomic E-state index is 0.330. The number of benzene rings is 1. The van der Waals surface area contributed by atoms with Crippen LogP contribution in [-0.2, 0) is 0 Å². The minimum Gasteiger partial charge on any atom is -0.388 e. The van der Waals surface area contributed by atoms with Gasteiger partial charge in [-0.1, -0.05) is 43.0 Å². The smallest absolute Gasteiger partial charge is 0.0818 e. The molecular formula is C13H17ClO. The van der Waals surface area contributed by atoms with E-state index in [4.69, 9.17) is 11.6 Å². The summed E-state index contributed by atoms with van der Waals surface area (Å²) in [5.74, 6) is 0.428. The van der Waals surface area contributed by atoms with Gasteiger partial charge in [-0.2, -0.15) is 0 Å². The number of aliphatic hydroxyl groups excluding tert-OH is 1. The molecule has 1 nitrogen and oxygen atoms in total. The van der Waals surface area contributed by atoms with Crippen molar-refractivity contribution in [3.8, 4) is 0 Å². The zero-order valence-electron chi connectivity index (χ0n) is 8.82. The van der Waals surface area contributed by atoms with Crippen molar-refractivity contribution in [3.63, 3.8) is 0 Å². The van der Waals surface area contributed by atoms with Gasteiger partial charge in [-0.15, -0.1) is 0 Å². The van der Waals surface area contributed by atoms with Crippen molar-refractivity contribution < 1.29 is 5.11 Å². The topological polar surface area (TPSA) is 20.2 Å². The predicted octanol–water partition coefficient (Wildman–Crippen LogP) is 3.95. The zero-order valence-corrected chi connectivity index (χ0v) is 9.58. The summed E-state index contributed by atoms with van der Waals surface area (Å²) in [5, 5.41) is 10.9. The molecule has 0 spiro atoms. The van der Waals surface area contributed by atoms with Crippen LogP contribution in [0.15, 0.2) is 24.3 Å². The molecule has 2 heteroatoms. The molecule has 2 rings (SSSR count). The van der Waals surface area contributed by atoms with Crippen LogP contribution in [0.4, 0.5) is 0 Å². The van der Waals surface area contributed by atoms with Crippen LogP contribution in [0.3, 0.4) is 0 Å². The monoisotopic (exact) mass is 224 g/mol. The van der Waals surface area contributed by atoms with Gasteiger partial charge in [0.2, 0.25) is 0 Å². The molecule has 1 saturated carbocycles. The van der Waals surface area contributed by atoms with Crippen molar-refractivity contribution in [2.75, 3.05) is 0 Å². The van der Waals surface area contributed by atoms with Crippen molar-refractivity contribution in [2.45, 2.75) is 38.2 Å². The molecule has 82 valence electrons. The maximum absolute atomic E-state index is 10.2. The fraction of sp³-hybridized carbons (Fsp3) is 0.538. The summed E-state index contributed by atoms with van der Waals surface area (Å²) in [6.07, 6.45) is 5.79. The highest BCUT2D eigenvalue weighted by Gasteiger charge is 2.22. The van der Waals surface area contributed by atoms with E-state index in [1.807, 2.05) is 24.3 Å². The number of halogens is 1. The first-order valence-electron chi connectivity index (χ1n) is 5.71. The molecule has 0 bridgehead atoms. The molecule has 1 N–H and O–H groups in total. The molecule has 0 aromatic heterocycles. The van der Waals surface area contributed by atoms with Gasteiger partial charge < -0.3 is 5.11 Å². The summed E-state index contributed by atoms with van der Waals surface area (Å²) in [5.41, 5.74) is 0.967. The average molecular weight is 225 g/mol. The van der Waals surface area contributed by atoms with Crippen molar-refractivity contribution in [1.82, 2.24) is 0 Å². The third-order valence-corrected chi connectivity index (χ3v) is 3.52. The lowest BCUT2D eigenvalue weighted by molar-refractivity contribution is 0.0848. The van der Waals surface area contributed by atoms with Crippen LogP contribution >= 0.6 is 11.6 Å². The van der Waals surface area contributed by atoms with Crippen LogP contribution < -0.4 is 0 Å². The van der Waals surface area contributed by atoms with Gasteiger partial charge >= 0.3 is 0 Å². The Kier molecular flexibility index (Phi) is 3.66. The number of aliphatic hydroxyl groups is 1. The van der Waals surface area contributed by atoms with Crippen molar-refractivity contribution in [1.29, 1.82) is 0 Å². The van der Waals surface area contributed by atoms with E-state index >= 15 is 0 Å². The first kappa shape index (κ1) is 11.0. The Morgan fingerprint density at radius 2 is 1.93 bits per heavy atom. The molecule has 15 heavy (non-hydrogen) atoms. The van der Waals surface area contributed by atoms with E-state index < -0.39 is 0 Å². The Morgan fingerprint density at radius 1 is 1.20 bits per heavy atom. The van der Waals surface area contributed by atoms with Gasteiger partial charge in [0, 0.05) is 5.02 Å². The molecule has 0 radical (unpaired) electrons. The molecule has 0 saturated heterocycles. The maximum atomic E-state index is 10.2. The number of hydrogen-bond acceptors (Lipinski definition) is 1. The predicted molar refractivity (Wildman–Crippen MR) is 63.0 cm³/mol. The Labute approximate surface area is 96.1 Å². The lowest BCUT2D eigenvalue weighted by atomic mass is 9.83. The van der Waals surface area contributed by atoms with Gasteiger partial charge in [-0.05, 0) is 36.5 Å². The fourth-order valence-corrected chi connectivity index (χ4v) is 2.61. The van der Waals surface area contributed by atoms with Crippen LogP contribution in [0.2, 0.25) is 5.02 Å². The van der Waals surface area contributed by atoms with Gasteiger partial charge in [0.1, 0.15) is 0 Å². The lowest BCUT2D eigenvalue weighted by Gasteiger charge is -2.26. The molecule has 1 aliphatic carbocycles. The van der Waals surface area contributed by atoms with E-state index in [1.165, 1.54) is 19.3 Å². The summed E-state index contributed by atoms with van der Waals surface area (Å²) in [7, 11) is 0. The van der Waals surface area contributed by atoms with Gasteiger partial charge in [-0.3, -0.25) is 0 Å². The third kappa shape index (κ3) is 2.73. The van der Waals surface area contributed by atoms with E-state index in [-0.39, 0.29) is 6.10 Å². The van der Waals surface area contributed by atoms with Gasteiger partial charge in [-0.25, -0.2) is 0 Å². The summed E-state index contributed by atoms with van der Waals surface area (Å²) in [6.45, 7) is 0. The Morgan fingerprint density at radius 3 is 2.60 bits per heavy atom. The van der Waals surface area contributed by atoms with E-state index in [0.29, 0.717) is 10.9 Å². The molecule has 1 fully saturated rings. The molecule has 0 heterocycles. The van der Waals surface area contributed by atoms with Crippen LogP contribution in [-0.4, -0.2) is 5.11 Å². The largest absolute Gasteiger partial charge is 0.388 e. The van der Waals surface area contributed by atoms with Gasteiger partial charge in [0.05, 0.1) is 6.10 Å². The quantitative estimate of drug-likeness (QED) is 0.807. The Bertz CT molecular complexity index is 318. The van der Waals surface area contributed by atoms with E-state index in [9.17, 15) is 5.11 Å². The first-order chi connectivity index (χ1) is 7.27. The molecular weight excluding hydrogens is 208 g/mol. The standard InChI is InChI=1S/C13H17ClO/c14-12-8-4-7-11(9-12)13(15)10-5-2-1-3-6-10/h4,7-10,13,15H,1-3,5-6H2/t13-/m1/s1. The summed E-state index contributed by atoms with van der Waals surface area (Å²) < 4.78 is 0. The molecule has 1 aromatic carbocycles. The van der Waals surface area contributed by atoms with Crippen LogP contribution in [0, 0.1) is 5.92 Å². The lowest BCUT2D eigenvalue weighted by Crippen LogP contribution is -2.15. The van der Waals surface area contributed by atoms with Crippen molar-refractivity contribution in [2.24, 2.45) is 5.92 Å². The van der Waals surface area contributed by atoms with Crippen molar-refractivity contribution in [3.05, 3.63) is 34.9 Å². The first-order valence-corrected chi connectivity index (χ1v) is 6.09. The number of rotatable bonds is 2. The van der Waals surface area contributed by atoms with Crippen molar-refractivity contribution >= 4 is 11.6 Å². The highest BCUT2D eigenvalue weighted by Crippen LogP contribution is 2.34. The summed E-state index contributed by atoms with van der Waals surface area (Å²) in [4.78, 5) is 0. The third-order valence-electron chi connectivity index (χ3n) is 3.29. The maximum Gasteiger partial charge on any atom is 0.0818 e. The number of hydrogen-bond donors (Lipinski definition) is 1. The Balaban J connectivity index is 2.08. The van der Waals surface area contributed by atoms with E-state index in [1.54, 1.807) is 0 Å². The summed E-state index contributed by atoms with van der Waals surface area (Å²) in [6, 6.07) is 7.59. The molecule has 0 amide bonds. The second-order valence-corrected chi connectivity index (χ2v) is 4.83. The van der Waals surface area contributed by atoms with Crippen LogP contribution in [0.1, 0.15) is 43.8 Å². The second-order valence-electron chi connectivity index (χ2n) is 4.40. The molecule has 1 aliphatic rings. The minimum atomic E-state index is -0.330. The highest BCUT2D eigenvalue weighted by molar-refractivity contribution is 6.30. The highest BCUT2D eigenvalue weighted by atomic mass is 35.5. The zero-order chi connectivity index (χ0) is 10.7. The molecule has 0 aliphatic heterocycles. The SMILES string of the molecule is O[C@@H](c1cccc(Cl)c1)C1CCCCC1. The van der Waals surface area contributed by atoms with Gasteiger partial charge in [0.15, 0.2) is 0 Å². The average Bonchev–Trinajstić information content (AvgIpc) is 2.29. The second kappa shape index (κ2) is 5.00. The molecule has 1 atom stereocenters. The summed E-state index contributed by atoms with van der Waals surface area (Å²) >= 11 is 5.92. The molecule has 0 unspecified atom stereocenters.